The Labute approximate surface area is 155 Å². The van der Waals surface area contributed by atoms with E-state index in [1.807, 2.05) is 43.3 Å². The van der Waals surface area contributed by atoms with Crippen LogP contribution in [0.4, 0.5) is 0 Å². The fourth-order valence-corrected chi connectivity index (χ4v) is 4.02. The van der Waals surface area contributed by atoms with Crippen LogP contribution in [0.5, 0.6) is 5.75 Å². The lowest BCUT2D eigenvalue weighted by Crippen LogP contribution is -2.27. The van der Waals surface area contributed by atoms with Crippen LogP contribution in [0.2, 0.25) is 0 Å². The van der Waals surface area contributed by atoms with E-state index in [0.717, 1.165) is 16.9 Å². The van der Waals surface area contributed by atoms with Crippen molar-refractivity contribution in [2.45, 2.75) is 19.6 Å². The molecule has 6 heteroatoms. The molecule has 1 aromatic carbocycles. The number of furan rings is 1. The summed E-state index contributed by atoms with van der Waals surface area (Å²) in [6.07, 6.45) is 5.40. The van der Waals surface area contributed by atoms with Gasteiger partial charge in [0.25, 0.3) is 5.91 Å². The number of fused-ring (bicyclic) bond motifs is 1. The second-order valence-corrected chi connectivity index (χ2v) is 7.47. The first-order valence-electron chi connectivity index (χ1n) is 7.87. The van der Waals surface area contributed by atoms with Crippen LogP contribution >= 0.6 is 24.0 Å². The molecule has 1 fully saturated rings. The summed E-state index contributed by atoms with van der Waals surface area (Å²) in [7, 11) is 0. The summed E-state index contributed by atoms with van der Waals surface area (Å²) in [5.74, 6) is 1.47. The van der Waals surface area contributed by atoms with Gasteiger partial charge in [0.05, 0.1) is 17.7 Å². The summed E-state index contributed by atoms with van der Waals surface area (Å²) in [5.41, 5.74) is 1.97. The highest BCUT2D eigenvalue weighted by Gasteiger charge is 2.33. The maximum Gasteiger partial charge on any atom is 0.266 e. The maximum atomic E-state index is 12.7. The lowest BCUT2D eigenvalue weighted by Gasteiger charge is -2.23. The molecule has 0 saturated carbocycles. The van der Waals surface area contributed by atoms with Gasteiger partial charge in [-0.05, 0) is 42.8 Å². The van der Waals surface area contributed by atoms with Crippen LogP contribution in [-0.2, 0) is 11.3 Å². The van der Waals surface area contributed by atoms with E-state index in [1.165, 1.54) is 11.8 Å². The van der Waals surface area contributed by atoms with E-state index >= 15 is 0 Å². The highest BCUT2D eigenvalue weighted by atomic mass is 32.2. The van der Waals surface area contributed by atoms with Gasteiger partial charge in [0.15, 0.2) is 0 Å². The van der Waals surface area contributed by atoms with Crippen molar-refractivity contribution < 1.29 is 13.9 Å². The topological polar surface area (TPSA) is 42.7 Å². The molecule has 1 atom stereocenters. The molecule has 2 aliphatic rings. The summed E-state index contributed by atoms with van der Waals surface area (Å²) < 4.78 is 11.8. The van der Waals surface area contributed by atoms with Crippen molar-refractivity contribution in [1.82, 2.24) is 4.90 Å². The number of amides is 1. The minimum atomic E-state index is -0.122. The minimum absolute atomic E-state index is 0.0987. The number of nitrogens with zero attached hydrogens (tertiary/aromatic N) is 1. The van der Waals surface area contributed by atoms with E-state index < -0.39 is 0 Å². The van der Waals surface area contributed by atoms with Crippen molar-refractivity contribution in [2.24, 2.45) is 0 Å². The number of carbonyl (C=O) groups is 1. The molecule has 1 saturated heterocycles. The molecule has 0 bridgehead atoms. The molecule has 0 aliphatic carbocycles. The van der Waals surface area contributed by atoms with Gasteiger partial charge in [0.2, 0.25) is 0 Å². The van der Waals surface area contributed by atoms with Crippen LogP contribution in [0.1, 0.15) is 18.2 Å². The van der Waals surface area contributed by atoms with Crippen LogP contribution in [0.3, 0.4) is 0 Å². The Balaban J connectivity index is 1.60. The molecule has 4 rings (SSSR count). The quantitative estimate of drug-likeness (QED) is 0.593. The summed E-state index contributed by atoms with van der Waals surface area (Å²) in [6, 6.07) is 11.5. The largest absolute Gasteiger partial charge is 0.485 e. The zero-order valence-corrected chi connectivity index (χ0v) is 15.1. The molecule has 0 radical (unpaired) electrons. The van der Waals surface area contributed by atoms with Gasteiger partial charge in [-0.15, -0.1) is 0 Å². The highest BCUT2D eigenvalue weighted by Crippen LogP contribution is 2.36. The van der Waals surface area contributed by atoms with E-state index in [2.05, 4.69) is 6.08 Å². The molecule has 4 nitrogen and oxygen atoms in total. The number of ether oxygens (including phenoxy) is 1. The van der Waals surface area contributed by atoms with Gasteiger partial charge in [-0.1, -0.05) is 42.2 Å². The van der Waals surface area contributed by atoms with E-state index in [-0.39, 0.29) is 12.0 Å². The van der Waals surface area contributed by atoms with E-state index in [9.17, 15) is 4.79 Å². The molecule has 2 aliphatic heterocycles. The van der Waals surface area contributed by atoms with Gasteiger partial charge in [0.1, 0.15) is 21.9 Å². The number of thioether (sulfide) groups is 1. The van der Waals surface area contributed by atoms with Crippen molar-refractivity contribution >= 4 is 40.3 Å². The van der Waals surface area contributed by atoms with Crippen molar-refractivity contribution in [3.63, 3.8) is 0 Å². The smallest absolute Gasteiger partial charge is 0.266 e. The maximum absolute atomic E-state index is 12.7. The number of carbonyl (C=O) groups excluding carboxylic acids is 1. The Morgan fingerprint density at radius 3 is 2.92 bits per heavy atom. The lowest BCUT2D eigenvalue weighted by molar-refractivity contribution is -0.122. The van der Waals surface area contributed by atoms with Gasteiger partial charge in [-0.3, -0.25) is 9.69 Å². The van der Waals surface area contributed by atoms with Crippen molar-refractivity contribution in [3.05, 3.63) is 70.5 Å². The second kappa shape index (κ2) is 6.54. The Bertz CT molecular complexity index is 899. The second-order valence-electron chi connectivity index (χ2n) is 5.79. The summed E-state index contributed by atoms with van der Waals surface area (Å²) in [6.45, 7) is 2.32. The molecule has 0 N–H and O–H groups in total. The van der Waals surface area contributed by atoms with E-state index in [0.29, 0.717) is 21.5 Å². The van der Waals surface area contributed by atoms with Gasteiger partial charge >= 0.3 is 0 Å². The molecular formula is C19H15NO3S2. The van der Waals surface area contributed by atoms with Crippen LogP contribution in [0, 0.1) is 0 Å². The van der Waals surface area contributed by atoms with Crippen LogP contribution < -0.4 is 4.74 Å². The van der Waals surface area contributed by atoms with Crippen molar-refractivity contribution in [3.8, 4) is 5.75 Å². The molecular weight excluding hydrogens is 354 g/mol. The van der Waals surface area contributed by atoms with Crippen molar-refractivity contribution in [2.75, 3.05) is 0 Å². The third-order valence-electron chi connectivity index (χ3n) is 4.08. The van der Waals surface area contributed by atoms with E-state index in [1.54, 1.807) is 17.2 Å². The predicted molar refractivity (Wildman–Crippen MR) is 102 cm³/mol. The van der Waals surface area contributed by atoms with Crippen LogP contribution in [-0.4, -0.2) is 21.2 Å². The van der Waals surface area contributed by atoms with Gasteiger partial charge < -0.3 is 9.15 Å². The number of benzene rings is 1. The first-order chi connectivity index (χ1) is 12.1. The summed E-state index contributed by atoms with van der Waals surface area (Å²) in [5, 5.41) is 0. The first kappa shape index (κ1) is 16.2. The Morgan fingerprint density at radius 1 is 1.28 bits per heavy atom. The minimum Gasteiger partial charge on any atom is -0.485 e. The zero-order valence-electron chi connectivity index (χ0n) is 13.5. The number of para-hydroxylation sites is 1. The first-order valence-corrected chi connectivity index (χ1v) is 9.09. The molecule has 126 valence electrons. The molecule has 25 heavy (non-hydrogen) atoms. The fraction of sp³-hybridized carbons (Fsp3) is 0.158. The third kappa shape index (κ3) is 3.15. The summed E-state index contributed by atoms with van der Waals surface area (Å²) in [4.78, 5) is 14.9. The average molecular weight is 369 g/mol. The van der Waals surface area contributed by atoms with Gasteiger partial charge in [-0.2, -0.15) is 0 Å². The Kier molecular flexibility index (Phi) is 4.23. The third-order valence-corrected chi connectivity index (χ3v) is 5.46. The Morgan fingerprint density at radius 2 is 2.12 bits per heavy atom. The fourth-order valence-electron chi connectivity index (χ4n) is 2.77. The number of hydrogen-bond donors (Lipinski definition) is 0. The van der Waals surface area contributed by atoms with Gasteiger partial charge in [0, 0.05) is 5.56 Å². The zero-order chi connectivity index (χ0) is 17.4. The predicted octanol–water partition coefficient (Wildman–Crippen LogP) is 4.39. The number of thiocarbonyl (C=S) groups is 1. The van der Waals surface area contributed by atoms with Crippen molar-refractivity contribution in [1.29, 1.82) is 0 Å². The number of rotatable bonds is 3. The molecule has 1 aromatic heterocycles. The van der Waals surface area contributed by atoms with E-state index in [4.69, 9.17) is 21.4 Å². The normalized spacial score (nSPS) is 21.3. The van der Waals surface area contributed by atoms with Crippen LogP contribution in [0.15, 0.2) is 63.6 Å². The Hall–Kier alpha value is -2.31. The summed E-state index contributed by atoms with van der Waals surface area (Å²) >= 11 is 6.67. The lowest BCUT2D eigenvalue weighted by atomic mass is 10.0. The SMILES string of the molecule is C[C@@H]1Oc2ccccc2C=C1/C=C1/SC(=S)N(Cc2ccco2)C1=O. The van der Waals surface area contributed by atoms with Gasteiger partial charge in [-0.25, -0.2) is 0 Å². The monoisotopic (exact) mass is 369 g/mol. The average Bonchev–Trinajstić information content (AvgIpc) is 3.20. The molecule has 1 amide bonds. The molecule has 0 spiro atoms. The standard InChI is InChI=1S/C19H15NO3S2/c1-12-14(9-13-5-2-3-7-16(13)23-12)10-17-18(21)20(19(24)25-17)11-15-6-4-8-22-15/h2-10,12H,11H2,1H3/b17-10+/t12-/m0/s1. The van der Waals surface area contributed by atoms with Crippen LogP contribution in [0.25, 0.3) is 6.08 Å². The number of hydrogen-bond acceptors (Lipinski definition) is 5. The molecule has 0 unspecified atom stereocenters. The molecule has 3 heterocycles. The highest BCUT2D eigenvalue weighted by molar-refractivity contribution is 8.26. The molecule has 2 aromatic rings.